The summed E-state index contributed by atoms with van der Waals surface area (Å²) in [7, 11) is 1.88. The molecule has 4 rings (SSSR count). The molecule has 28 heavy (non-hydrogen) atoms. The molecule has 0 saturated heterocycles. The third-order valence-electron chi connectivity index (χ3n) is 5.33. The van der Waals surface area contributed by atoms with E-state index < -0.39 is 0 Å². The van der Waals surface area contributed by atoms with Crippen molar-refractivity contribution in [3.05, 3.63) is 77.0 Å². The highest BCUT2D eigenvalue weighted by molar-refractivity contribution is 6.31. The van der Waals surface area contributed by atoms with Crippen LogP contribution < -0.4 is 0 Å². The van der Waals surface area contributed by atoms with Crippen LogP contribution in [0, 0.1) is 5.92 Å². The fourth-order valence-corrected chi connectivity index (χ4v) is 3.92. The molecule has 1 aliphatic carbocycles. The van der Waals surface area contributed by atoms with Crippen molar-refractivity contribution >= 4 is 17.5 Å². The molecule has 1 heterocycles. The van der Waals surface area contributed by atoms with Crippen LogP contribution in [0.5, 0.6) is 0 Å². The average Bonchev–Trinajstić information content (AvgIpc) is 3.37. The fourth-order valence-electron chi connectivity index (χ4n) is 3.65. The number of hydrogen-bond acceptors (Lipinski definition) is 3. The second kappa shape index (κ2) is 8.19. The largest absolute Gasteiger partial charge is 0.361 e. The van der Waals surface area contributed by atoms with E-state index in [0.29, 0.717) is 6.54 Å². The standard InChI is InChI=1S/C23H23ClN2O2/c1-26(23(27)20-15-19(20)18-11-5-6-12-21(18)24)13-7-10-17-14-22(25-28-17)16-8-3-2-4-9-16/h2-6,8-9,11-12,14,19-20H,7,10,13,15H2,1H3. The predicted octanol–water partition coefficient (Wildman–Crippen LogP) is 5.19. The lowest BCUT2D eigenvalue weighted by Crippen LogP contribution is -2.29. The Morgan fingerprint density at radius 2 is 1.93 bits per heavy atom. The van der Waals surface area contributed by atoms with Crippen molar-refractivity contribution in [3.8, 4) is 11.3 Å². The van der Waals surface area contributed by atoms with Gasteiger partial charge < -0.3 is 9.42 Å². The number of benzene rings is 2. The molecule has 2 aromatic carbocycles. The normalized spacial score (nSPS) is 18.1. The lowest BCUT2D eigenvalue weighted by atomic mass is 10.1. The van der Waals surface area contributed by atoms with Gasteiger partial charge in [-0.2, -0.15) is 0 Å². The van der Waals surface area contributed by atoms with Crippen molar-refractivity contribution in [2.24, 2.45) is 5.92 Å². The Morgan fingerprint density at radius 1 is 1.18 bits per heavy atom. The Hall–Kier alpha value is -2.59. The maximum Gasteiger partial charge on any atom is 0.226 e. The molecule has 1 aromatic heterocycles. The maximum atomic E-state index is 12.7. The number of amides is 1. The number of nitrogens with zero attached hydrogens (tertiary/aromatic N) is 2. The van der Waals surface area contributed by atoms with E-state index >= 15 is 0 Å². The molecule has 1 amide bonds. The van der Waals surface area contributed by atoms with E-state index in [1.54, 1.807) is 0 Å². The van der Waals surface area contributed by atoms with Crippen molar-refractivity contribution < 1.29 is 9.32 Å². The van der Waals surface area contributed by atoms with Gasteiger partial charge in [0.1, 0.15) is 11.5 Å². The number of hydrogen-bond donors (Lipinski definition) is 0. The van der Waals surface area contributed by atoms with Crippen LogP contribution in [0.1, 0.15) is 30.1 Å². The van der Waals surface area contributed by atoms with Crippen molar-refractivity contribution in [2.45, 2.75) is 25.2 Å². The molecule has 0 spiro atoms. The van der Waals surface area contributed by atoms with Crippen LogP contribution in [-0.2, 0) is 11.2 Å². The first kappa shape index (κ1) is 18.8. The molecule has 1 saturated carbocycles. The van der Waals surface area contributed by atoms with Crippen LogP contribution in [-0.4, -0.2) is 29.6 Å². The minimum absolute atomic E-state index is 0.0554. The SMILES string of the molecule is CN(CCCc1cc(-c2ccccc2)no1)C(=O)C1CC1c1ccccc1Cl. The molecule has 1 aliphatic rings. The predicted molar refractivity (Wildman–Crippen MR) is 110 cm³/mol. The molecule has 0 N–H and O–H groups in total. The molecule has 2 unspecified atom stereocenters. The van der Waals surface area contributed by atoms with Crippen molar-refractivity contribution in [1.82, 2.24) is 10.1 Å². The summed E-state index contributed by atoms with van der Waals surface area (Å²) < 4.78 is 5.44. The first-order valence-corrected chi connectivity index (χ1v) is 10.0. The number of rotatable bonds is 7. The minimum atomic E-state index is 0.0554. The van der Waals surface area contributed by atoms with Gasteiger partial charge in [-0.05, 0) is 30.4 Å². The monoisotopic (exact) mass is 394 g/mol. The zero-order valence-electron chi connectivity index (χ0n) is 15.8. The zero-order chi connectivity index (χ0) is 19.5. The third kappa shape index (κ3) is 4.12. The van der Waals surface area contributed by atoms with E-state index in [1.807, 2.05) is 72.6 Å². The highest BCUT2D eigenvalue weighted by Gasteiger charge is 2.45. The third-order valence-corrected chi connectivity index (χ3v) is 5.68. The van der Waals surface area contributed by atoms with Gasteiger partial charge in [-0.1, -0.05) is 65.3 Å². The Morgan fingerprint density at radius 3 is 2.71 bits per heavy atom. The van der Waals surface area contributed by atoms with Gasteiger partial charge in [-0.25, -0.2) is 0 Å². The van der Waals surface area contributed by atoms with Gasteiger partial charge in [-0.3, -0.25) is 4.79 Å². The number of aryl methyl sites for hydroxylation is 1. The summed E-state index contributed by atoms with van der Waals surface area (Å²) in [4.78, 5) is 14.5. The summed E-state index contributed by atoms with van der Waals surface area (Å²) >= 11 is 6.27. The number of halogens is 1. The number of carbonyl (C=O) groups excluding carboxylic acids is 1. The Labute approximate surface area is 170 Å². The summed E-state index contributed by atoms with van der Waals surface area (Å²) in [6.45, 7) is 0.700. The van der Waals surface area contributed by atoms with Crippen molar-refractivity contribution in [2.75, 3.05) is 13.6 Å². The quantitative estimate of drug-likeness (QED) is 0.554. The topological polar surface area (TPSA) is 46.3 Å². The molecule has 0 bridgehead atoms. The molecular formula is C23H23ClN2O2. The van der Waals surface area contributed by atoms with Gasteiger partial charge in [0.05, 0.1) is 0 Å². The van der Waals surface area contributed by atoms with Crippen molar-refractivity contribution in [1.29, 1.82) is 0 Å². The van der Waals surface area contributed by atoms with Gasteiger partial charge in [-0.15, -0.1) is 0 Å². The van der Waals surface area contributed by atoms with E-state index in [-0.39, 0.29) is 17.7 Å². The fraction of sp³-hybridized carbons (Fsp3) is 0.304. The van der Waals surface area contributed by atoms with Crippen LogP contribution in [0.15, 0.2) is 65.2 Å². The van der Waals surface area contributed by atoms with Gasteiger partial charge in [0, 0.05) is 42.6 Å². The molecule has 144 valence electrons. The van der Waals surface area contributed by atoms with Gasteiger partial charge in [0.15, 0.2) is 0 Å². The van der Waals surface area contributed by atoms with Crippen LogP contribution in [0.3, 0.4) is 0 Å². The highest BCUT2D eigenvalue weighted by Crippen LogP contribution is 2.50. The van der Waals surface area contributed by atoms with E-state index in [1.165, 1.54) is 0 Å². The summed E-state index contributed by atoms with van der Waals surface area (Å²) in [5, 5.41) is 4.90. The molecule has 3 aromatic rings. The molecule has 4 nitrogen and oxygen atoms in total. The molecular weight excluding hydrogens is 372 g/mol. The summed E-state index contributed by atoms with van der Waals surface area (Å²) in [6.07, 6.45) is 2.49. The first-order chi connectivity index (χ1) is 13.6. The molecule has 0 radical (unpaired) electrons. The van der Waals surface area contributed by atoms with Crippen LogP contribution >= 0.6 is 11.6 Å². The molecule has 2 atom stereocenters. The second-order valence-corrected chi connectivity index (χ2v) is 7.79. The average molecular weight is 395 g/mol. The lowest BCUT2D eigenvalue weighted by Gasteiger charge is -2.17. The van der Waals surface area contributed by atoms with Gasteiger partial charge >= 0.3 is 0 Å². The van der Waals surface area contributed by atoms with E-state index in [9.17, 15) is 4.79 Å². The number of aromatic nitrogens is 1. The van der Waals surface area contributed by atoms with E-state index in [0.717, 1.165) is 46.9 Å². The molecule has 5 heteroatoms. The first-order valence-electron chi connectivity index (χ1n) is 9.64. The second-order valence-electron chi connectivity index (χ2n) is 7.38. The van der Waals surface area contributed by atoms with Crippen LogP contribution in [0.4, 0.5) is 0 Å². The van der Waals surface area contributed by atoms with Crippen molar-refractivity contribution in [3.63, 3.8) is 0 Å². The van der Waals surface area contributed by atoms with E-state index in [2.05, 4.69) is 5.16 Å². The summed E-state index contributed by atoms with van der Waals surface area (Å²) in [6, 6.07) is 19.8. The van der Waals surface area contributed by atoms with Crippen LogP contribution in [0.25, 0.3) is 11.3 Å². The number of carbonyl (C=O) groups is 1. The molecule has 1 fully saturated rings. The Balaban J connectivity index is 1.26. The summed E-state index contributed by atoms with van der Waals surface area (Å²) in [5.41, 5.74) is 2.98. The smallest absolute Gasteiger partial charge is 0.226 e. The van der Waals surface area contributed by atoms with Gasteiger partial charge in [0.25, 0.3) is 0 Å². The lowest BCUT2D eigenvalue weighted by molar-refractivity contribution is -0.131. The minimum Gasteiger partial charge on any atom is -0.361 e. The molecule has 0 aliphatic heterocycles. The Bertz CT molecular complexity index is 954. The van der Waals surface area contributed by atoms with Crippen LogP contribution in [0.2, 0.25) is 5.02 Å². The summed E-state index contributed by atoms with van der Waals surface area (Å²) in [5.74, 6) is 1.36. The highest BCUT2D eigenvalue weighted by atomic mass is 35.5. The Kier molecular flexibility index (Phi) is 5.49. The van der Waals surface area contributed by atoms with E-state index in [4.69, 9.17) is 16.1 Å². The zero-order valence-corrected chi connectivity index (χ0v) is 16.6. The van der Waals surface area contributed by atoms with Gasteiger partial charge in [0.2, 0.25) is 5.91 Å². The maximum absolute atomic E-state index is 12.7.